The van der Waals surface area contributed by atoms with E-state index in [1.54, 1.807) is 12.1 Å². The van der Waals surface area contributed by atoms with Gasteiger partial charge in [0.15, 0.2) is 0 Å². The van der Waals surface area contributed by atoms with Gasteiger partial charge in [-0.25, -0.2) is 4.39 Å². The molecule has 1 unspecified atom stereocenters. The SMILES string of the molecule is Cc1cc(F)cc(N2CCN(C(C)C)CC2C)c1. The Morgan fingerprint density at radius 3 is 2.50 bits per heavy atom. The van der Waals surface area contributed by atoms with Crippen LogP contribution in [0.15, 0.2) is 18.2 Å². The highest BCUT2D eigenvalue weighted by atomic mass is 19.1. The predicted octanol–water partition coefficient (Wildman–Crippen LogP) is 3.05. The summed E-state index contributed by atoms with van der Waals surface area (Å²) in [6.07, 6.45) is 0. The fourth-order valence-electron chi connectivity index (χ4n) is 2.72. The molecule has 0 N–H and O–H groups in total. The van der Waals surface area contributed by atoms with Crippen LogP contribution in [0.25, 0.3) is 0 Å². The van der Waals surface area contributed by atoms with Crippen LogP contribution < -0.4 is 4.90 Å². The fraction of sp³-hybridized carbons (Fsp3) is 0.600. The molecule has 0 aromatic heterocycles. The van der Waals surface area contributed by atoms with Gasteiger partial charge in [-0.05, 0) is 51.5 Å². The molecule has 3 heteroatoms. The topological polar surface area (TPSA) is 6.48 Å². The number of anilines is 1. The summed E-state index contributed by atoms with van der Waals surface area (Å²) >= 11 is 0. The number of hydrogen-bond acceptors (Lipinski definition) is 2. The average Bonchev–Trinajstić information content (AvgIpc) is 2.27. The van der Waals surface area contributed by atoms with Crippen molar-refractivity contribution < 1.29 is 4.39 Å². The highest BCUT2D eigenvalue weighted by Crippen LogP contribution is 2.23. The van der Waals surface area contributed by atoms with E-state index in [9.17, 15) is 4.39 Å². The minimum absolute atomic E-state index is 0.136. The number of piperazine rings is 1. The maximum Gasteiger partial charge on any atom is 0.125 e. The van der Waals surface area contributed by atoms with Gasteiger partial charge in [0, 0.05) is 37.4 Å². The molecule has 100 valence electrons. The molecule has 1 aromatic rings. The molecule has 1 saturated heterocycles. The van der Waals surface area contributed by atoms with Crippen molar-refractivity contribution in [1.82, 2.24) is 4.90 Å². The van der Waals surface area contributed by atoms with Crippen LogP contribution in [-0.2, 0) is 0 Å². The lowest BCUT2D eigenvalue weighted by Crippen LogP contribution is -2.53. The number of halogens is 1. The molecular weight excluding hydrogens is 227 g/mol. The molecular formula is C15H23FN2. The van der Waals surface area contributed by atoms with Crippen LogP contribution in [-0.4, -0.2) is 36.6 Å². The Bertz CT molecular complexity index is 397. The van der Waals surface area contributed by atoms with E-state index in [4.69, 9.17) is 0 Å². The highest BCUT2D eigenvalue weighted by Gasteiger charge is 2.25. The summed E-state index contributed by atoms with van der Waals surface area (Å²) in [5, 5.41) is 0. The van der Waals surface area contributed by atoms with Crippen LogP contribution in [0.1, 0.15) is 26.3 Å². The molecule has 0 radical (unpaired) electrons. The van der Waals surface area contributed by atoms with Crippen molar-refractivity contribution in [1.29, 1.82) is 0 Å². The number of benzene rings is 1. The lowest BCUT2D eigenvalue weighted by molar-refractivity contribution is 0.185. The maximum absolute atomic E-state index is 13.5. The van der Waals surface area contributed by atoms with Gasteiger partial charge in [0.2, 0.25) is 0 Å². The van der Waals surface area contributed by atoms with Gasteiger partial charge >= 0.3 is 0 Å². The van der Waals surface area contributed by atoms with E-state index < -0.39 is 0 Å². The summed E-state index contributed by atoms with van der Waals surface area (Å²) in [6, 6.07) is 6.32. The van der Waals surface area contributed by atoms with Gasteiger partial charge in [-0.15, -0.1) is 0 Å². The van der Waals surface area contributed by atoms with E-state index in [1.807, 2.05) is 6.92 Å². The Morgan fingerprint density at radius 2 is 1.94 bits per heavy atom. The van der Waals surface area contributed by atoms with Gasteiger partial charge in [0.05, 0.1) is 0 Å². The van der Waals surface area contributed by atoms with Crippen LogP contribution in [0.5, 0.6) is 0 Å². The molecule has 1 atom stereocenters. The van der Waals surface area contributed by atoms with Crippen molar-refractivity contribution in [2.24, 2.45) is 0 Å². The van der Waals surface area contributed by atoms with Crippen LogP contribution in [0, 0.1) is 12.7 Å². The first-order valence-corrected chi connectivity index (χ1v) is 6.75. The molecule has 0 bridgehead atoms. The molecule has 1 aliphatic rings. The molecule has 0 saturated carbocycles. The van der Waals surface area contributed by atoms with Crippen molar-refractivity contribution in [2.75, 3.05) is 24.5 Å². The zero-order valence-electron chi connectivity index (χ0n) is 11.8. The molecule has 1 fully saturated rings. The van der Waals surface area contributed by atoms with Gasteiger partial charge in [0.1, 0.15) is 5.82 Å². The zero-order valence-corrected chi connectivity index (χ0v) is 11.8. The first kappa shape index (κ1) is 13.3. The van der Waals surface area contributed by atoms with Gasteiger partial charge in [-0.1, -0.05) is 0 Å². The van der Waals surface area contributed by atoms with Gasteiger partial charge in [0.25, 0.3) is 0 Å². The van der Waals surface area contributed by atoms with Crippen molar-refractivity contribution in [3.63, 3.8) is 0 Å². The third kappa shape index (κ3) is 2.83. The van der Waals surface area contributed by atoms with Gasteiger partial charge in [-0.3, -0.25) is 4.90 Å². The standard InChI is InChI=1S/C15H23FN2/c1-11(2)17-5-6-18(13(4)10-17)15-8-12(3)7-14(16)9-15/h7-9,11,13H,5-6,10H2,1-4H3. The van der Waals surface area contributed by atoms with Crippen molar-refractivity contribution in [2.45, 2.75) is 39.8 Å². The lowest BCUT2D eigenvalue weighted by atomic mass is 10.1. The van der Waals surface area contributed by atoms with Gasteiger partial charge < -0.3 is 4.90 Å². The van der Waals surface area contributed by atoms with E-state index in [1.165, 1.54) is 0 Å². The summed E-state index contributed by atoms with van der Waals surface area (Å²) in [4.78, 5) is 4.79. The summed E-state index contributed by atoms with van der Waals surface area (Å²) in [5.74, 6) is -0.136. The second-order valence-corrected chi connectivity index (χ2v) is 5.62. The summed E-state index contributed by atoms with van der Waals surface area (Å²) in [7, 11) is 0. The largest absolute Gasteiger partial charge is 0.366 e. The molecule has 0 amide bonds. The quantitative estimate of drug-likeness (QED) is 0.796. The van der Waals surface area contributed by atoms with Gasteiger partial charge in [-0.2, -0.15) is 0 Å². The Hall–Kier alpha value is -1.09. The number of nitrogens with zero attached hydrogens (tertiary/aromatic N) is 2. The minimum Gasteiger partial charge on any atom is -0.366 e. The monoisotopic (exact) mass is 250 g/mol. The number of aryl methyl sites for hydroxylation is 1. The van der Waals surface area contributed by atoms with Crippen LogP contribution in [0.2, 0.25) is 0 Å². The molecule has 18 heavy (non-hydrogen) atoms. The maximum atomic E-state index is 13.5. The third-order valence-corrected chi connectivity index (χ3v) is 3.75. The molecule has 1 aromatic carbocycles. The second kappa shape index (κ2) is 5.27. The lowest BCUT2D eigenvalue weighted by Gasteiger charge is -2.43. The zero-order chi connectivity index (χ0) is 13.3. The van der Waals surface area contributed by atoms with E-state index in [0.29, 0.717) is 12.1 Å². The Kier molecular flexibility index (Phi) is 3.91. The van der Waals surface area contributed by atoms with E-state index >= 15 is 0 Å². The Balaban J connectivity index is 2.15. The van der Waals surface area contributed by atoms with Crippen LogP contribution >= 0.6 is 0 Å². The van der Waals surface area contributed by atoms with E-state index in [0.717, 1.165) is 30.9 Å². The smallest absolute Gasteiger partial charge is 0.125 e. The number of hydrogen-bond donors (Lipinski definition) is 0. The molecule has 0 aliphatic carbocycles. The third-order valence-electron chi connectivity index (χ3n) is 3.75. The molecule has 1 aliphatic heterocycles. The van der Waals surface area contributed by atoms with E-state index in [-0.39, 0.29) is 5.82 Å². The second-order valence-electron chi connectivity index (χ2n) is 5.62. The summed E-state index contributed by atoms with van der Waals surface area (Å²) in [5.41, 5.74) is 2.01. The minimum atomic E-state index is -0.136. The Morgan fingerprint density at radius 1 is 1.22 bits per heavy atom. The molecule has 1 heterocycles. The molecule has 2 nitrogen and oxygen atoms in total. The van der Waals surface area contributed by atoms with Crippen molar-refractivity contribution in [3.05, 3.63) is 29.6 Å². The normalized spacial score (nSPS) is 21.7. The van der Waals surface area contributed by atoms with Crippen LogP contribution in [0.4, 0.5) is 10.1 Å². The Labute approximate surface area is 109 Å². The van der Waals surface area contributed by atoms with Crippen molar-refractivity contribution >= 4 is 5.69 Å². The average molecular weight is 250 g/mol. The first-order valence-electron chi connectivity index (χ1n) is 6.75. The van der Waals surface area contributed by atoms with Crippen LogP contribution in [0.3, 0.4) is 0 Å². The fourth-order valence-corrected chi connectivity index (χ4v) is 2.72. The highest BCUT2D eigenvalue weighted by molar-refractivity contribution is 5.50. The summed E-state index contributed by atoms with van der Waals surface area (Å²) < 4.78 is 13.5. The molecule has 2 rings (SSSR count). The predicted molar refractivity (Wildman–Crippen MR) is 74.7 cm³/mol. The number of rotatable bonds is 2. The molecule has 0 spiro atoms. The summed E-state index contributed by atoms with van der Waals surface area (Å²) in [6.45, 7) is 11.7. The first-order chi connectivity index (χ1) is 8.47. The van der Waals surface area contributed by atoms with E-state index in [2.05, 4.69) is 36.6 Å². The van der Waals surface area contributed by atoms with Crippen molar-refractivity contribution in [3.8, 4) is 0 Å².